The van der Waals surface area contributed by atoms with Gasteiger partial charge in [0.1, 0.15) is 6.61 Å². The minimum absolute atomic E-state index is 0.0767. The van der Waals surface area contributed by atoms with E-state index in [1.54, 1.807) is 24.1 Å². The van der Waals surface area contributed by atoms with Gasteiger partial charge in [0.2, 0.25) is 0 Å². The van der Waals surface area contributed by atoms with Crippen molar-refractivity contribution in [3.8, 4) is 0 Å². The van der Waals surface area contributed by atoms with Crippen molar-refractivity contribution in [1.29, 1.82) is 0 Å². The first kappa shape index (κ1) is 27.9. The van der Waals surface area contributed by atoms with E-state index in [9.17, 15) is 18.0 Å². The van der Waals surface area contributed by atoms with Crippen LogP contribution in [-0.2, 0) is 21.4 Å². The average molecular weight is 621 g/mol. The second-order valence-electron chi connectivity index (χ2n) is 9.08. The number of nitrogens with one attached hydrogen (secondary N) is 1. The SMILES string of the molecule is Cc1ccc(Br)c(NS(=O)(=O)c2ccc(Cl)c(C(=O)N3CCC(N(C)C(=O)OCc4ccccc4)C3)c2)c1. The zero-order chi connectivity index (χ0) is 27.4. The molecule has 1 unspecified atom stereocenters. The maximum atomic E-state index is 13.3. The highest BCUT2D eigenvalue weighted by Crippen LogP contribution is 2.29. The third-order valence-electron chi connectivity index (χ3n) is 6.34. The largest absolute Gasteiger partial charge is 0.445 e. The maximum Gasteiger partial charge on any atom is 0.410 e. The summed E-state index contributed by atoms with van der Waals surface area (Å²) in [5, 5.41) is 0.143. The molecule has 0 spiro atoms. The Labute approximate surface area is 235 Å². The van der Waals surface area contributed by atoms with E-state index in [2.05, 4.69) is 20.7 Å². The van der Waals surface area contributed by atoms with Crippen molar-refractivity contribution < 1.29 is 22.7 Å². The van der Waals surface area contributed by atoms with Crippen LogP contribution in [0.4, 0.5) is 10.5 Å². The highest BCUT2D eigenvalue weighted by Gasteiger charge is 2.33. The van der Waals surface area contributed by atoms with Crippen LogP contribution < -0.4 is 4.72 Å². The van der Waals surface area contributed by atoms with Gasteiger partial charge in [-0.3, -0.25) is 9.52 Å². The van der Waals surface area contributed by atoms with E-state index < -0.39 is 22.0 Å². The topological polar surface area (TPSA) is 96.0 Å². The second kappa shape index (κ2) is 11.8. The number of hydrogen-bond acceptors (Lipinski definition) is 5. The van der Waals surface area contributed by atoms with Crippen LogP contribution in [0.5, 0.6) is 0 Å². The van der Waals surface area contributed by atoms with E-state index in [0.29, 0.717) is 23.1 Å². The van der Waals surface area contributed by atoms with Crippen LogP contribution in [0.3, 0.4) is 0 Å². The summed E-state index contributed by atoms with van der Waals surface area (Å²) >= 11 is 9.67. The summed E-state index contributed by atoms with van der Waals surface area (Å²) in [6.07, 6.45) is 0.0778. The molecule has 11 heteroatoms. The molecule has 4 rings (SSSR count). The fourth-order valence-electron chi connectivity index (χ4n) is 4.14. The number of ether oxygens (including phenoxy) is 1. The van der Waals surface area contributed by atoms with Gasteiger partial charge in [-0.1, -0.05) is 48.0 Å². The Hall–Kier alpha value is -3.08. The lowest BCUT2D eigenvalue weighted by Gasteiger charge is -2.24. The molecule has 0 aliphatic carbocycles. The van der Waals surface area contributed by atoms with Crippen LogP contribution in [0.25, 0.3) is 0 Å². The highest BCUT2D eigenvalue weighted by atomic mass is 79.9. The number of anilines is 1. The van der Waals surface area contributed by atoms with Crippen molar-refractivity contribution in [2.75, 3.05) is 24.9 Å². The molecule has 0 radical (unpaired) electrons. The molecule has 38 heavy (non-hydrogen) atoms. The standard InChI is InChI=1S/C27H27BrClN3O5S/c1-18-8-10-23(28)25(14-18)30-38(35,36)21-9-11-24(29)22(15-21)26(33)32-13-12-20(16-32)31(2)27(34)37-17-19-6-4-3-5-7-19/h3-11,14-15,20,30H,12-13,16-17H2,1-2H3. The molecule has 1 atom stereocenters. The zero-order valence-electron chi connectivity index (χ0n) is 20.9. The third kappa shape index (κ3) is 6.48. The Morgan fingerprint density at radius 2 is 1.87 bits per heavy atom. The summed E-state index contributed by atoms with van der Waals surface area (Å²) in [6.45, 7) is 2.68. The molecule has 0 bridgehead atoms. The first-order valence-corrected chi connectivity index (χ1v) is 14.5. The molecule has 0 saturated carbocycles. The number of likely N-dealkylation sites (tertiary alicyclic amines) is 1. The van der Waals surface area contributed by atoms with Gasteiger partial charge in [-0.25, -0.2) is 13.2 Å². The van der Waals surface area contributed by atoms with Crippen LogP contribution in [0.2, 0.25) is 5.02 Å². The number of sulfonamides is 1. The van der Waals surface area contributed by atoms with Crippen LogP contribution in [0, 0.1) is 6.92 Å². The van der Waals surface area contributed by atoms with Gasteiger partial charge in [0.05, 0.1) is 27.2 Å². The predicted molar refractivity (Wildman–Crippen MR) is 150 cm³/mol. The first-order chi connectivity index (χ1) is 18.0. The number of rotatable bonds is 7. The van der Waals surface area contributed by atoms with Crippen molar-refractivity contribution in [3.05, 3.63) is 92.9 Å². The molecular weight excluding hydrogens is 594 g/mol. The molecule has 8 nitrogen and oxygen atoms in total. The summed E-state index contributed by atoms with van der Waals surface area (Å²) < 4.78 is 34.7. The van der Waals surface area contributed by atoms with Crippen LogP contribution >= 0.6 is 27.5 Å². The quantitative estimate of drug-likeness (QED) is 0.366. The Morgan fingerprint density at radius 1 is 1.13 bits per heavy atom. The van der Waals surface area contributed by atoms with Gasteiger partial charge in [0.25, 0.3) is 15.9 Å². The van der Waals surface area contributed by atoms with Gasteiger partial charge in [0.15, 0.2) is 0 Å². The fourth-order valence-corrected chi connectivity index (χ4v) is 5.91. The monoisotopic (exact) mass is 619 g/mol. The smallest absolute Gasteiger partial charge is 0.410 e. The maximum absolute atomic E-state index is 13.3. The Balaban J connectivity index is 1.43. The van der Waals surface area contributed by atoms with Crippen LogP contribution in [-0.4, -0.2) is 56.4 Å². The molecule has 1 aliphatic rings. The van der Waals surface area contributed by atoms with E-state index in [-0.39, 0.29) is 34.7 Å². The number of benzene rings is 3. The number of aryl methyl sites for hydroxylation is 1. The van der Waals surface area contributed by atoms with E-state index >= 15 is 0 Å². The summed E-state index contributed by atoms with van der Waals surface area (Å²) in [5.74, 6) is -0.405. The van der Waals surface area contributed by atoms with Crippen molar-refractivity contribution in [3.63, 3.8) is 0 Å². The molecular formula is C27H27BrClN3O5S. The molecule has 1 saturated heterocycles. The second-order valence-corrected chi connectivity index (χ2v) is 12.0. The molecule has 1 fully saturated rings. The number of halogens is 2. The first-order valence-electron chi connectivity index (χ1n) is 11.9. The average Bonchev–Trinajstić information content (AvgIpc) is 3.39. The summed E-state index contributed by atoms with van der Waals surface area (Å²) in [6, 6.07) is 18.5. The fraction of sp³-hybridized carbons (Fsp3) is 0.259. The number of nitrogens with zero attached hydrogens (tertiary/aromatic N) is 2. The summed E-state index contributed by atoms with van der Waals surface area (Å²) in [7, 11) is -2.35. The van der Waals surface area contributed by atoms with Gasteiger partial charge >= 0.3 is 6.09 Å². The predicted octanol–water partition coefficient (Wildman–Crippen LogP) is 5.69. The third-order valence-corrected chi connectivity index (χ3v) is 8.72. The molecule has 1 N–H and O–H groups in total. The number of likely N-dealkylation sites (N-methyl/N-ethyl adjacent to an activating group) is 1. The van der Waals surface area contributed by atoms with Crippen molar-refractivity contribution >= 4 is 55.2 Å². The van der Waals surface area contributed by atoms with E-state index in [1.807, 2.05) is 43.3 Å². The van der Waals surface area contributed by atoms with E-state index in [4.69, 9.17) is 16.3 Å². The minimum atomic E-state index is -3.99. The lowest BCUT2D eigenvalue weighted by atomic mass is 10.2. The zero-order valence-corrected chi connectivity index (χ0v) is 24.0. The Bertz CT molecular complexity index is 1450. The highest BCUT2D eigenvalue weighted by molar-refractivity contribution is 9.10. The van der Waals surface area contributed by atoms with Crippen LogP contribution in [0.15, 0.2) is 76.1 Å². The Morgan fingerprint density at radius 3 is 2.61 bits per heavy atom. The Kier molecular flexibility index (Phi) is 8.64. The van der Waals surface area contributed by atoms with Gasteiger partial charge < -0.3 is 14.5 Å². The van der Waals surface area contributed by atoms with E-state index in [0.717, 1.165) is 11.1 Å². The number of carbonyl (C=O) groups is 2. The molecule has 3 aromatic rings. The lowest BCUT2D eigenvalue weighted by Crippen LogP contribution is -2.40. The van der Waals surface area contributed by atoms with Crippen LogP contribution in [0.1, 0.15) is 27.9 Å². The molecule has 1 heterocycles. The van der Waals surface area contributed by atoms with Gasteiger partial charge in [-0.2, -0.15) is 0 Å². The molecule has 200 valence electrons. The summed E-state index contributed by atoms with van der Waals surface area (Å²) in [5.41, 5.74) is 2.23. The van der Waals surface area contributed by atoms with Crippen molar-refractivity contribution in [2.24, 2.45) is 0 Å². The normalized spacial score (nSPS) is 15.3. The van der Waals surface area contributed by atoms with Gasteiger partial charge in [-0.15, -0.1) is 0 Å². The van der Waals surface area contributed by atoms with Crippen molar-refractivity contribution in [1.82, 2.24) is 9.80 Å². The molecule has 1 aliphatic heterocycles. The molecule has 3 aromatic carbocycles. The van der Waals surface area contributed by atoms with Gasteiger partial charge in [-0.05, 0) is 70.7 Å². The van der Waals surface area contributed by atoms with Crippen molar-refractivity contribution in [2.45, 2.75) is 30.9 Å². The minimum Gasteiger partial charge on any atom is -0.445 e. The summed E-state index contributed by atoms with van der Waals surface area (Å²) in [4.78, 5) is 28.9. The molecule has 0 aromatic heterocycles. The number of hydrogen-bond donors (Lipinski definition) is 1. The van der Waals surface area contributed by atoms with E-state index in [1.165, 1.54) is 23.1 Å². The molecule has 2 amide bonds. The van der Waals surface area contributed by atoms with Gasteiger partial charge in [0, 0.05) is 24.6 Å². The number of carbonyl (C=O) groups excluding carboxylic acids is 2. The number of amides is 2. The lowest BCUT2D eigenvalue weighted by molar-refractivity contribution is 0.0752.